The molecule has 0 saturated heterocycles. The summed E-state index contributed by atoms with van der Waals surface area (Å²) >= 11 is 0. The van der Waals surface area contributed by atoms with E-state index in [0.717, 1.165) is 12.8 Å². The number of Topliss-reactive ketones (excluding diaryl/α,β-unsaturated/α-hetero) is 1. The Morgan fingerprint density at radius 2 is 2.15 bits per heavy atom. The highest BCUT2D eigenvalue weighted by molar-refractivity contribution is 5.85. The van der Waals surface area contributed by atoms with Crippen LogP contribution < -0.4 is 5.48 Å². The van der Waals surface area contributed by atoms with Crippen LogP contribution in [0.5, 0.6) is 0 Å². The normalized spacial score (nSPS) is 18.8. The van der Waals surface area contributed by atoms with E-state index >= 15 is 0 Å². The molecule has 1 saturated carbocycles. The molecule has 0 heterocycles. The summed E-state index contributed by atoms with van der Waals surface area (Å²) in [4.78, 5) is 16.0. The fraction of sp³-hybridized carbons (Fsp3) is 0.900. The second kappa shape index (κ2) is 4.20. The maximum absolute atomic E-state index is 10.7. The van der Waals surface area contributed by atoms with Crippen LogP contribution in [0, 0.1) is 0 Å². The zero-order valence-corrected chi connectivity index (χ0v) is 8.72. The van der Waals surface area contributed by atoms with Crippen molar-refractivity contribution >= 4 is 5.78 Å². The van der Waals surface area contributed by atoms with Crippen molar-refractivity contribution in [3.8, 4) is 0 Å². The molecule has 76 valence electrons. The molecular formula is C10H19NO2. The van der Waals surface area contributed by atoms with Crippen LogP contribution in [0.2, 0.25) is 0 Å². The van der Waals surface area contributed by atoms with Crippen molar-refractivity contribution in [2.24, 2.45) is 0 Å². The third kappa shape index (κ3) is 3.44. The van der Waals surface area contributed by atoms with Crippen molar-refractivity contribution in [1.29, 1.82) is 0 Å². The number of carbonyl (C=O) groups is 1. The van der Waals surface area contributed by atoms with Crippen LogP contribution in [0.15, 0.2) is 0 Å². The zero-order chi connectivity index (χ0) is 9.90. The Bertz CT molecular complexity index is 181. The highest BCUT2D eigenvalue weighted by atomic mass is 16.7. The molecular weight excluding hydrogens is 166 g/mol. The lowest BCUT2D eigenvalue weighted by Crippen LogP contribution is -2.45. The van der Waals surface area contributed by atoms with E-state index in [4.69, 9.17) is 4.84 Å². The molecule has 0 bridgehead atoms. The van der Waals surface area contributed by atoms with E-state index in [1.54, 1.807) is 0 Å². The van der Waals surface area contributed by atoms with Gasteiger partial charge in [-0.25, -0.2) is 0 Å². The summed E-state index contributed by atoms with van der Waals surface area (Å²) in [6.07, 6.45) is 3.48. The lowest BCUT2D eigenvalue weighted by Gasteiger charge is -2.31. The van der Waals surface area contributed by atoms with Gasteiger partial charge in [0, 0.05) is 18.4 Å². The predicted octanol–water partition coefficient (Wildman–Crippen LogP) is 1.82. The number of hydrogen-bond acceptors (Lipinski definition) is 3. The molecule has 1 aliphatic carbocycles. The van der Waals surface area contributed by atoms with Crippen molar-refractivity contribution in [2.45, 2.75) is 58.1 Å². The van der Waals surface area contributed by atoms with Crippen molar-refractivity contribution in [1.82, 2.24) is 5.48 Å². The highest BCUT2D eigenvalue weighted by Gasteiger charge is 2.29. The maximum Gasteiger partial charge on any atom is 0.138 e. The number of hydroxylamine groups is 1. The van der Waals surface area contributed by atoms with E-state index in [1.807, 2.05) is 0 Å². The van der Waals surface area contributed by atoms with Crippen molar-refractivity contribution in [3.63, 3.8) is 0 Å². The van der Waals surface area contributed by atoms with Crippen molar-refractivity contribution < 1.29 is 9.63 Å². The summed E-state index contributed by atoms with van der Waals surface area (Å²) in [5, 5.41) is 0. The fourth-order valence-electron chi connectivity index (χ4n) is 1.45. The summed E-state index contributed by atoms with van der Waals surface area (Å²) < 4.78 is 0. The molecule has 3 heteroatoms. The van der Waals surface area contributed by atoms with Crippen LogP contribution in [-0.4, -0.2) is 17.4 Å². The van der Waals surface area contributed by atoms with Gasteiger partial charge in [0.25, 0.3) is 0 Å². The standard InChI is InChI=1S/C10H19NO2/c1-4-5-10(2,3)11-13-9-6-8(12)7-9/h9,11H,4-7H2,1-3H3. The van der Waals surface area contributed by atoms with Gasteiger partial charge in [0.05, 0.1) is 6.10 Å². The van der Waals surface area contributed by atoms with Crippen LogP contribution in [0.1, 0.15) is 46.5 Å². The van der Waals surface area contributed by atoms with E-state index in [0.29, 0.717) is 18.6 Å². The van der Waals surface area contributed by atoms with Crippen LogP contribution >= 0.6 is 0 Å². The minimum Gasteiger partial charge on any atom is -0.299 e. The third-order valence-electron chi connectivity index (χ3n) is 2.29. The van der Waals surface area contributed by atoms with E-state index in [1.165, 1.54) is 0 Å². The van der Waals surface area contributed by atoms with Crippen LogP contribution in [0.3, 0.4) is 0 Å². The molecule has 0 amide bonds. The summed E-state index contributed by atoms with van der Waals surface area (Å²) in [5.74, 6) is 0.306. The van der Waals surface area contributed by atoms with Crippen molar-refractivity contribution in [2.75, 3.05) is 0 Å². The topological polar surface area (TPSA) is 38.3 Å². The average Bonchev–Trinajstić information content (AvgIpc) is 1.96. The Labute approximate surface area is 79.8 Å². The van der Waals surface area contributed by atoms with Gasteiger partial charge in [0.2, 0.25) is 0 Å². The van der Waals surface area contributed by atoms with Gasteiger partial charge < -0.3 is 0 Å². The minimum atomic E-state index is 0.0212. The van der Waals surface area contributed by atoms with Gasteiger partial charge in [-0.15, -0.1) is 0 Å². The van der Waals surface area contributed by atoms with E-state index < -0.39 is 0 Å². The molecule has 0 spiro atoms. The quantitative estimate of drug-likeness (QED) is 0.664. The van der Waals surface area contributed by atoms with Crippen LogP contribution in [0.25, 0.3) is 0 Å². The Balaban J connectivity index is 2.14. The molecule has 1 fully saturated rings. The maximum atomic E-state index is 10.7. The van der Waals surface area contributed by atoms with Gasteiger partial charge in [-0.05, 0) is 20.3 Å². The fourth-order valence-corrected chi connectivity index (χ4v) is 1.45. The zero-order valence-electron chi connectivity index (χ0n) is 8.72. The van der Waals surface area contributed by atoms with Crippen LogP contribution in [0.4, 0.5) is 0 Å². The number of hydrogen-bond donors (Lipinski definition) is 1. The largest absolute Gasteiger partial charge is 0.299 e. The first-order valence-corrected chi connectivity index (χ1v) is 4.98. The molecule has 0 unspecified atom stereocenters. The molecule has 0 radical (unpaired) electrons. The molecule has 0 aromatic carbocycles. The Morgan fingerprint density at radius 3 is 2.62 bits per heavy atom. The second-order valence-electron chi connectivity index (χ2n) is 4.42. The van der Waals surface area contributed by atoms with E-state index in [9.17, 15) is 4.79 Å². The Hall–Kier alpha value is -0.410. The molecule has 1 N–H and O–H groups in total. The lowest BCUT2D eigenvalue weighted by atomic mass is 9.94. The molecule has 1 rings (SSSR count). The van der Waals surface area contributed by atoms with Gasteiger partial charge in [-0.2, -0.15) is 5.48 Å². The van der Waals surface area contributed by atoms with Crippen LogP contribution in [-0.2, 0) is 9.63 Å². The van der Waals surface area contributed by atoms with Crippen molar-refractivity contribution in [3.05, 3.63) is 0 Å². The molecule has 13 heavy (non-hydrogen) atoms. The van der Waals surface area contributed by atoms with Gasteiger partial charge in [-0.1, -0.05) is 13.3 Å². The number of carbonyl (C=O) groups excluding carboxylic acids is 1. The number of nitrogens with one attached hydrogen (secondary N) is 1. The molecule has 0 aliphatic heterocycles. The summed E-state index contributed by atoms with van der Waals surface area (Å²) in [5.41, 5.74) is 3.05. The Morgan fingerprint density at radius 1 is 1.54 bits per heavy atom. The Kier molecular flexibility index (Phi) is 3.45. The monoisotopic (exact) mass is 185 g/mol. The first-order chi connectivity index (χ1) is 6.03. The van der Waals surface area contributed by atoms with E-state index in [-0.39, 0.29) is 11.6 Å². The third-order valence-corrected chi connectivity index (χ3v) is 2.29. The summed E-state index contributed by atoms with van der Waals surface area (Å²) in [6, 6.07) is 0. The average molecular weight is 185 g/mol. The lowest BCUT2D eigenvalue weighted by molar-refractivity contribution is -0.145. The summed E-state index contributed by atoms with van der Waals surface area (Å²) in [6.45, 7) is 6.37. The smallest absolute Gasteiger partial charge is 0.138 e. The second-order valence-corrected chi connectivity index (χ2v) is 4.42. The van der Waals surface area contributed by atoms with E-state index in [2.05, 4.69) is 26.3 Å². The number of rotatable bonds is 5. The molecule has 0 aromatic heterocycles. The first kappa shape index (κ1) is 10.7. The highest BCUT2D eigenvalue weighted by Crippen LogP contribution is 2.19. The predicted molar refractivity (Wildman–Crippen MR) is 51.2 cm³/mol. The molecule has 1 aliphatic rings. The SMILES string of the molecule is CCCC(C)(C)NOC1CC(=O)C1. The van der Waals surface area contributed by atoms with Gasteiger partial charge in [0.15, 0.2) is 0 Å². The van der Waals surface area contributed by atoms with Gasteiger partial charge in [0.1, 0.15) is 5.78 Å². The molecule has 3 nitrogen and oxygen atoms in total. The number of ketones is 1. The molecule has 0 aromatic rings. The van der Waals surface area contributed by atoms with Gasteiger partial charge in [-0.3, -0.25) is 9.63 Å². The van der Waals surface area contributed by atoms with Gasteiger partial charge >= 0.3 is 0 Å². The minimum absolute atomic E-state index is 0.0212. The molecule has 0 atom stereocenters. The first-order valence-electron chi connectivity index (χ1n) is 4.98. The summed E-state index contributed by atoms with van der Waals surface area (Å²) in [7, 11) is 0.